The van der Waals surface area contributed by atoms with Crippen LogP contribution in [0.3, 0.4) is 0 Å². The topological polar surface area (TPSA) is 70.1 Å². The molecule has 0 aromatic carbocycles. The number of unbranched alkanes of at least 4 members (excludes halogenated alkanes) is 1. The number of aryl methyl sites for hydroxylation is 1. The van der Waals surface area contributed by atoms with Gasteiger partial charge < -0.3 is 10.5 Å². The van der Waals surface area contributed by atoms with Gasteiger partial charge >= 0.3 is 0 Å². The van der Waals surface area contributed by atoms with Crippen LogP contribution in [0.2, 0.25) is 0 Å². The van der Waals surface area contributed by atoms with Gasteiger partial charge in [-0.2, -0.15) is 5.10 Å². The molecule has 0 bridgehead atoms. The van der Waals surface area contributed by atoms with Crippen LogP contribution in [0.1, 0.15) is 42.4 Å². The van der Waals surface area contributed by atoms with Crippen LogP contribution in [-0.2, 0) is 17.7 Å². The molecule has 1 aromatic rings. The van der Waals surface area contributed by atoms with Crippen LogP contribution in [0.15, 0.2) is 6.07 Å². The van der Waals surface area contributed by atoms with Crippen LogP contribution in [0.5, 0.6) is 0 Å². The summed E-state index contributed by atoms with van der Waals surface area (Å²) in [6, 6.07) is 1.83. The van der Waals surface area contributed by atoms with E-state index in [0.29, 0.717) is 11.6 Å². The Bertz CT molecular complexity index is 408. The molecule has 1 atom stereocenters. The predicted octanol–water partition coefficient (Wildman–Crippen LogP) is 1.36. The molecule has 1 aromatic heterocycles. The highest BCUT2D eigenvalue weighted by Crippen LogP contribution is 2.16. The third kappa shape index (κ3) is 3.10. The van der Waals surface area contributed by atoms with Gasteiger partial charge in [-0.15, -0.1) is 0 Å². The van der Waals surface area contributed by atoms with Crippen molar-refractivity contribution in [3.05, 3.63) is 17.5 Å². The molecule has 2 heterocycles. The van der Waals surface area contributed by atoms with E-state index in [0.717, 1.165) is 51.1 Å². The molecule has 1 fully saturated rings. The second-order valence-electron chi connectivity index (χ2n) is 4.90. The maximum Gasteiger partial charge on any atom is 0.266 e. The molecular formula is C13H21N3O2. The van der Waals surface area contributed by atoms with Crippen LogP contribution in [0.25, 0.3) is 0 Å². The molecular weight excluding hydrogens is 230 g/mol. The fourth-order valence-corrected chi connectivity index (χ4v) is 2.26. The summed E-state index contributed by atoms with van der Waals surface area (Å²) in [4.78, 5) is 11.4. The van der Waals surface area contributed by atoms with Gasteiger partial charge in [-0.25, -0.2) is 0 Å². The van der Waals surface area contributed by atoms with Gasteiger partial charge in [0.05, 0.1) is 12.3 Å². The van der Waals surface area contributed by atoms with Crippen molar-refractivity contribution in [3.8, 4) is 0 Å². The second-order valence-corrected chi connectivity index (χ2v) is 4.90. The van der Waals surface area contributed by atoms with Crippen molar-refractivity contribution < 1.29 is 9.53 Å². The Balaban J connectivity index is 2.10. The molecule has 5 heteroatoms. The van der Waals surface area contributed by atoms with E-state index < -0.39 is 5.91 Å². The van der Waals surface area contributed by atoms with Crippen LogP contribution in [0, 0.1) is 5.92 Å². The van der Waals surface area contributed by atoms with E-state index >= 15 is 0 Å². The van der Waals surface area contributed by atoms with E-state index in [4.69, 9.17) is 10.5 Å². The Morgan fingerprint density at radius 2 is 2.50 bits per heavy atom. The van der Waals surface area contributed by atoms with Crippen molar-refractivity contribution in [2.24, 2.45) is 11.7 Å². The van der Waals surface area contributed by atoms with Crippen LogP contribution in [0.4, 0.5) is 0 Å². The highest BCUT2D eigenvalue weighted by Gasteiger charge is 2.20. The molecule has 5 nitrogen and oxygen atoms in total. The third-order valence-electron chi connectivity index (χ3n) is 3.32. The SMILES string of the molecule is CCCCc1cc(C(N)=O)n(CC2CCOC2)n1. The molecule has 1 amide bonds. The minimum Gasteiger partial charge on any atom is -0.381 e. The van der Waals surface area contributed by atoms with Crippen molar-refractivity contribution in [2.45, 2.75) is 39.2 Å². The van der Waals surface area contributed by atoms with Crippen LogP contribution in [-0.4, -0.2) is 28.9 Å². The minimum absolute atomic E-state index is 0.399. The minimum atomic E-state index is -0.399. The lowest BCUT2D eigenvalue weighted by molar-refractivity contribution is 0.0988. The summed E-state index contributed by atoms with van der Waals surface area (Å²) in [6.45, 7) is 4.43. The van der Waals surface area contributed by atoms with Gasteiger partial charge in [0.15, 0.2) is 0 Å². The molecule has 0 saturated carbocycles. The molecule has 2 N–H and O–H groups in total. The van der Waals surface area contributed by atoms with Gasteiger partial charge in [-0.05, 0) is 25.3 Å². The molecule has 1 unspecified atom stereocenters. The molecule has 1 saturated heterocycles. The Morgan fingerprint density at radius 3 is 3.11 bits per heavy atom. The monoisotopic (exact) mass is 251 g/mol. The fraction of sp³-hybridized carbons (Fsp3) is 0.692. The summed E-state index contributed by atoms with van der Waals surface area (Å²) in [5, 5.41) is 4.49. The number of nitrogens with zero attached hydrogens (tertiary/aromatic N) is 2. The van der Waals surface area contributed by atoms with Gasteiger partial charge in [0.25, 0.3) is 5.91 Å². The first-order valence-corrected chi connectivity index (χ1v) is 6.65. The number of amides is 1. The first kappa shape index (κ1) is 13.1. The number of rotatable bonds is 6. The van der Waals surface area contributed by atoms with Gasteiger partial charge in [0.2, 0.25) is 0 Å². The Hall–Kier alpha value is -1.36. The van der Waals surface area contributed by atoms with Gasteiger partial charge in [0, 0.05) is 19.1 Å². The second kappa shape index (κ2) is 6.00. The Morgan fingerprint density at radius 1 is 1.67 bits per heavy atom. The molecule has 0 radical (unpaired) electrons. The fourth-order valence-electron chi connectivity index (χ4n) is 2.26. The largest absolute Gasteiger partial charge is 0.381 e. The van der Waals surface area contributed by atoms with Crippen molar-refractivity contribution in [1.82, 2.24) is 9.78 Å². The quantitative estimate of drug-likeness (QED) is 0.830. The number of hydrogen-bond donors (Lipinski definition) is 1. The van der Waals surface area contributed by atoms with E-state index in [1.807, 2.05) is 6.07 Å². The van der Waals surface area contributed by atoms with Crippen molar-refractivity contribution in [1.29, 1.82) is 0 Å². The first-order chi connectivity index (χ1) is 8.70. The maximum absolute atomic E-state index is 11.4. The predicted molar refractivity (Wildman–Crippen MR) is 68.3 cm³/mol. The molecule has 18 heavy (non-hydrogen) atoms. The summed E-state index contributed by atoms with van der Waals surface area (Å²) in [6.07, 6.45) is 4.14. The van der Waals surface area contributed by atoms with Gasteiger partial charge in [0.1, 0.15) is 5.69 Å². The standard InChI is InChI=1S/C13H21N3O2/c1-2-3-4-11-7-12(13(14)17)16(15-11)8-10-5-6-18-9-10/h7,10H,2-6,8-9H2,1H3,(H2,14,17). The average Bonchev–Trinajstić information content (AvgIpc) is 2.96. The van der Waals surface area contributed by atoms with Crippen molar-refractivity contribution >= 4 is 5.91 Å². The number of primary amides is 1. The lowest BCUT2D eigenvalue weighted by Crippen LogP contribution is -2.21. The normalized spacial score (nSPS) is 19.3. The first-order valence-electron chi connectivity index (χ1n) is 6.65. The number of hydrogen-bond acceptors (Lipinski definition) is 3. The Kier molecular flexibility index (Phi) is 4.36. The summed E-state index contributed by atoms with van der Waals surface area (Å²) in [5.74, 6) is 0.0474. The molecule has 0 spiro atoms. The van der Waals surface area contributed by atoms with Crippen LogP contribution >= 0.6 is 0 Å². The zero-order chi connectivity index (χ0) is 13.0. The zero-order valence-electron chi connectivity index (χ0n) is 10.9. The molecule has 2 rings (SSSR count). The highest BCUT2D eigenvalue weighted by atomic mass is 16.5. The zero-order valence-corrected chi connectivity index (χ0v) is 10.9. The van der Waals surface area contributed by atoms with E-state index in [-0.39, 0.29) is 0 Å². The van der Waals surface area contributed by atoms with E-state index in [9.17, 15) is 4.79 Å². The van der Waals surface area contributed by atoms with Crippen molar-refractivity contribution in [3.63, 3.8) is 0 Å². The smallest absolute Gasteiger partial charge is 0.266 e. The maximum atomic E-state index is 11.4. The lowest BCUT2D eigenvalue weighted by atomic mass is 10.1. The number of aromatic nitrogens is 2. The van der Waals surface area contributed by atoms with E-state index in [2.05, 4.69) is 12.0 Å². The highest BCUT2D eigenvalue weighted by molar-refractivity contribution is 5.91. The number of ether oxygens (including phenoxy) is 1. The lowest BCUT2D eigenvalue weighted by Gasteiger charge is -2.09. The number of nitrogens with two attached hydrogens (primary N) is 1. The van der Waals surface area contributed by atoms with E-state index in [1.165, 1.54) is 0 Å². The van der Waals surface area contributed by atoms with Gasteiger partial charge in [-0.1, -0.05) is 13.3 Å². The molecule has 1 aliphatic rings. The van der Waals surface area contributed by atoms with Gasteiger partial charge in [-0.3, -0.25) is 9.48 Å². The molecule has 0 aliphatic carbocycles. The number of carbonyl (C=O) groups is 1. The summed E-state index contributed by atoms with van der Waals surface area (Å²) in [5.41, 5.74) is 6.88. The van der Waals surface area contributed by atoms with Crippen LogP contribution < -0.4 is 5.73 Å². The number of carbonyl (C=O) groups excluding carboxylic acids is 1. The van der Waals surface area contributed by atoms with E-state index in [1.54, 1.807) is 4.68 Å². The molecule has 1 aliphatic heterocycles. The van der Waals surface area contributed by atoms with Crippen molar-refractivity contribution in [2.75, 3.05) is 13.2 Å². The summed E-state index contributed by atoms with van der Waals surface area (Å²) >= 11 is 0. The Labute approximate surface area is 107 Å². The third-order valence-corrected chi connectivity index (χ3v) is 3.32. The molecule has 100 valence electrons. The summed E-state index contributed by atoms with van der Waals surface area (Å²) < 4.78 is 7.10. The summed E-state index contributed by atoms with van der Waals surface area (Å²) in [7, 11) is 0. The average molecular weight is 251 g/mol.